The van der Waals surface area contributed by atoms with E-state index >= 15 is 0 Å². The standard InChI is InChI=1S/C32H39N3O5/c1-4-22(2)33-30(37)28(20-23-11-6-5-7-12-23)35(21-24-13-10-14-25(19-24)40-3)29(36)17-18-34-31(38)26-15-8-9-16-27(26)32(34)39/h5-14,19,22,26-28H,4,15-18,20-21H2,1-3H3,(H,33,37)/t22-,26-,27+,28+/m0/s1. The molecule has 0 bridgehead atoms. The van der Waals surface area contributed by atoms with E-state index in [4.69, 9.17) is 4.74 Å². The lowest BCUT2D eigenvalue weighted by atomic mass is 9.85. The van der Waals surface area contributed by atoms with Crippen molar-refractivity contribution in [2.24, 2.45) is 11.8 Å². The fraction of sp³-hybridized carbons (Fsp3) is 0.438. The number of ether oxygens (including phenoxy) is 1. The van der Waals surface area contributed by atoms with Crippen molar-refractivity contribution in [2.45, 2.75) is 64.6 Å². The normalized spacial score (nSPS) is 19.6. The third kappa shape index (κ3) is 6.79. The number of hydrogen-bond donors (Lipinski definition) is 1. The number of methoxy groups -OCH3 is 1. The zero-order valence-electron chi connectivity index (χ0n) is 23.5. The van der Waals surface area contributed by atoms with Crippen molar-refractivity contribution in [1.29, 1.82) is 0 Å². The summed E-state index contributed by atoms with van der Waals surface area (Å²) < 4.78 is 5.38. The summed E-state index contributed by atoms with van der Waals surface area (Å²) in [5.74, 6) is -0.974. The lowest BCUT2D eigenvalue weighted by molar-refractivity contribution is -0.144. The van der Waals surface area contributed by atoms with Gasteiger partial charge in [0.25, 0.3) is 0 Å². The Hall–Kier alpha value is -3.94. The number of likely N-dealkylation sites (tertiary alicyclic amines) is 1. The fourth-order valence-corrected chi connectivity index (χ4v) is 5.40. The van der Waals surface area contributed by atoms with E-state index in [2.05, 4.69) is 5.32 Å². The summed E-state index contributed by atoms with van der Waals surface area (Å²) in [5.41, 5.74) is 1.74. The van der Waals surface area contributed by atoms with Gasteiger partial charge >= 0.3 is 0 Å². The average molecular weight is 546 g/mol. The molecular weight excluding hydrogens is 506 g/mol. The van der Waals surface area contributed by atoms with Crippen LogP contribution in [0.5, 0.6) is 5.75 Å². The van der Waals surface area contributed by atoms with Crippen LogP contribution in [-0.2, 0) is 32.1 Å². The first-order valence-corrected chi connectivity index (χ1v) is 14.1. The van der Waals surface area contributed by atoms with Crippen LogP contribution in [0.2, 0.25) is 0 Å². The Bertz CT molecular complexity index is 1220. The van der Waals surface area contributed by atoms with Gasteiger partial charge in [-0.1, -0.05) is 61.5 Å². The zero-order valence-corrected chi connectivity index (χ0v) is 23.5. The van der Waals surface area contributed by atoms with Gasteiger partial charge in [-0.3, -0.25) is 24.1 Å². The van der Waals surface area contributed by atoms with Gasteiger partial charge in [0, 0.05) is 32.0 Å². The number of nitrogens with one attached hydrogen (secondary N) is 1. The zero-order chi connectivity index (χ0) is 28.6. The van der Waals surface area contributed by atoms with Crippen molar-refractivity contribution in [1.82, 2.24) is 15.1 Å². The maximum Gasteiger partial charge on any atom is 0.243 e. The number of hydrogen-bond acceptors (Lipinski definition) is 5. The van der Waals surface area contributed by atoms with Crippen LogP contribution < -0.4 is 10.1 Å². The highest BCUT2D eigenvalue weighted by atomic mass is 16.5. The number of carbonyl (C=O) groups is 4. The molecule has 1 saturated heterocycles. The van der Waals surface area contributed by atoms with E-state index in [0.717, 1.165) is 17.5 Å². The maximum atomic E-state index is 13.9. The first kappa shape index (κ1) is 29.1. The molecule has 40 heavy (non-hydrogen) atoms. The Balaban J connectivity index is 1.60. The van der Waals surface area contributed by atoms with Crippen LogP contribution in [0.3, 0.4) is 0 Å². The molecule has 1 heterocycles. The van der Waals surface area contributed by atoms with Crippen molar-refractivity contribution in [3.8, 4) is 5.75 Å². The molecule has 0 spiro atoms. The average Bonchev–Trinajstić information content (AvgIpc) is 3.22. The lowest BCUT2D eigenvalue weighted by Crippen LogP contribution is -2.52. The van der Waals surface area contributed by atoms with E-state index in [1.54, 1.807) is 12.0 Å². The molecule has 8 heteroatoms. The maximum absolute atomic E-state index is 13.9. The van der Waals surface area contributed by atoms with E-state index in [1.807, 2.05) is 80.6 Å². The van der Waals surface area contributed by atoms with Crippen LogP contribution in [0.1, 0.15) is 50.7 Å². The van der Waals surface area contributed by atoms with Gasteiger partial charge in [-0.2, -0.15) is 0 Å². The van der Waals surface area contributed by atoms with E-state index in [1.165, 1.54) is 4.90 Å². The molecule has 2 aromatic rings. The molecule has 4 atom stereocenters. The Morgan fingerprint density at radius 3 is 2.27 bits per heavy atom. The minimum absolute atomic E-state index is 0.00312. The Morgan fingerprint density at radius 1 is 1.00 bits per heavy atom. The Kier molecular flexibility index (Phi) is 9.74. The monoisotopic (exact) mass is 545 g/mol. The van der Waals surface area contributed by atoms with Gasteiger partial charge in [0.05, 0.1) is 18.9 Å². The van der Waals surface area contributed by atoms with E-state index in [0.29, 0.717) is 25.0 Å². The molecule has 8 nitrogen and oxygen atoms in total. The summed E-state index contributed by atoms with van der Waals surface area (Å²) in [4.78, 5) is 56.4. The van der Waals surface area contributed by atoms with Gasteiger partial charge in [-0.05, 0) is 49.4 Å². The Morgan fingerprint density at radius 2 is 1.65 bits per heavy atom. The first-order valence-electron chi connectivity index (χ1n) is 14.1. The Labute approximate surface area is 236 Å². The molecule has 0 unspecified atom stereocenters. The third-order valence-electron chi connectivity index (χ3n) is 7.91. The predicted molar refractivity (Wildman–Crippen MR) is 152 cm³/mol. The van der Waals surface area contributed by atoms with Crippen LogP contribution >= 0.6 is 0 Å². The van der Waals surface area contributed by atoms with Crippen LogP contribution in [0.15, 0.2) is 66.7 Å². The van der Waals surface area contributed by atoms with Crippen molar-refractivity contribution in [3.05, 3.63) is 77.9 Å². The summed E-state index contributed by atoms with van der Waals surface area (Å²) >= 11 is 0. The van der Waals surface area contributed by atoms with E-state index in [9.17, 15) is 19.2 Å². The summed E-state index contributed by atoms with van der Waals surface area (Å²) in [6, 6.07) is 16.2. The number of allylic oxidation sites excluding steroid dienone is 2. The molecule has 2 aromatic carbocycles. The molecule has 2 aliphatic rings. The van der Waals surface area contributed by atoms with Crippen molar-refractivity contribution < 1.29 is 23.9 Å². The highest BCUT2D eigenvalue weighted by molar-refractivity contribution is 6.05. The second-order valence-corrected chi connectivity index (χ2v) is 10.6. The number of imide groups is 1. The molecule has 1 fully saturated rings. The number of benzene rings is 2. The topological polar surface area (TPSA) is 96.0 Å². The molecule has 0 saturated carbocycles. The molecule has 4 rings (SSSR count). The summed E-state index contributed by atoms with van der Waals surface area (Å²) in [6.07, 6.45) is 6.02. The molecule has 212 valence electrons. The molecule has 0 aromatic heterocycles. The highest BCUT2D eigenvalue weighted by Gasteiger charge is 2.47. The second kappa shape index (κ2) is 13.4. The lowest BCUT2D eigenvalue weighted by Gasteiger charge is -2.33. The van der Waals surface area contributed by atoms with Crippen LogP contribution in [-0.4, -0.2) is 59.2 Å². The van der Waals surface area contributed by atoms with E-state index < -0.39 is 6.04 Å². The fourth-order valence-electron chi connectivity index (χ4n) is 5.40. The van der Waals surface area contributed by atoms with Crippen LogP contribution in [0.25, 0.3) is 0 Å². The van der Waals surface area contributed by atoms with Crippen molar-refractivity contribution in [3.63, 3.8) is 0 Å². The third-order valence-corrected chi connectivity index (χ3v) is 7.91. The number of nitrogens with zero attached hydrogens (tertiary/aromatic N) is 2. The van der Waals surface area contributed by atoms with Crippen molar-refractivity contribution >= 4 is 23.6 Å². The van der Waals surface area contributed by atoms with Crippen LogP contribution in [0, 0.1) is 11.8 Å². The summed E-state index contributed by atoms with van der Waals surface area (Å²) in [5, 5.41) is 3.06. The smallest absolute Gasteiger partial charge is 0.243 e. The SMILES string of the molecule is CC[C@H](C)NC(=O)[C@@H](Cc1ccccc1)N(Cc1cccc(OC)c1)C(=O)CCN1C(=O)[C@H]2CC=CC[C@H]2C1=O. The molecule has 1 aliphatic carbocycles. The van der Waals surface area contributed by atoms with Gasteiger partial charge in [-0.15, -0.1) is 0 Å². The molecule has 0 radical (unpaired) electrons. The van der Waals surface area contributed by atoms with Gasteiger partial charge in [0.15, 0.2) is 0 Å². The van der Waals surface area contributed by atoms with Gasteiger partial charge < -0.3 is 15.0 Å². The van der Waals surface area contributed by atoms with Gasteiger partial charge in [0.1, 0.15) is 11.8 Å². The number of carbonyl (C=O) groups excluding carboxylic acids is 4. The highest BCUT2D eigenvalue weighted by Crippen LogP contribution is 2.35. The minimum atomic E-state index is -0.785. The summed E-state index contributed by atoms with van der Waals surface area (Å²) in [7, 11) is 1.58. The number of fused-ring (bicyclic) bond motifs is 1. The van der Waals surface area contributed by atoms with E-state index in [-0.39, 0.29) is 61.0 Å². The number of amides is 4. The molecule has 1 N–H and O–H groups in total. The van der Waals surface area contributed by atoms with Crippen LogP contribution in [0.4, 0.5) is 0 Å². The number of rotatable bonds is 12. The predicted octanol–water partition coefficient (Wildman–Crippen LogP) is 3.89. The quantitative estimate of drug-likeness (QED) is 0.323. The molecular formula is C32H39N3O5. The van der Waals surface area contributed by atoms with Crippen molar-refractivity contribution in [2.75, 3.05) is 13.7 Å². The largest absolute Gasteiger partial charge is 0.497 e. The minimum Gasteiger partial charge on any atom is -0.497 e. The second-order valence-electron chi connectivity index (χ2n) is 10.6. The summed E-state index contributed by atoms with van der Waals surface area (Å²) in [6.45, 7) is 4.11. The molecule has 4 amide bonds. The molecule has 1 aliphatic heterocycles. The first-order chi connectivity index (χ1) is 19.3. The van der Waals surface area contributed by atoms with Gasteiger partial charge in [-0.25, -0.2) is 0 Å². The van der Waals surface area contributed by atoms with Gasteiger partial charge in [0.2, 0.25) is 23.6 Å².